The van der Waals surface area contributed by atoms with Crippen molar-refractivity contribution in [2.24, 2.45) is 0 Å². The highest BCUT2D eigenvalue weighted by Crippen LogP contribution is 2.15. The van der Waals surface area contributed by atoms with E-state index in [2.05, 4.69) is 10.6 Å². The van der Waals surface area contributed by atoms with Crippen LogP contribution in [-0.2, 0) is 10.5 Å². The summed E-state index contributed by atoms with van der Waals surface area (Å²) < 4.78 is 0. The molecular weight excluding hydrogens is 296 g/mol. The first-order valence-electron chi connectivity index (χ1n) is 6.85. The van der Waals surface area contributed by atoms with Gasteiger partial charge >= 0.3 is 0 Å². The third-order valence-corrected chi connectivity index (χ3v) is 3.61. The van der Waals surface area contributed by atoms with Gasteiger partial charge in [0.25, 0.3) is 5.91 Å². The predicted octanol–water partition coefficient (Wildman–Crippen LogP) is 3.76. The third kappa shape index (κ3) is 4.63. The molecule has 0 aliphatic rings. The average molecular weight is 314 g/mol. The number of carbonyl (C=O) groups excluding carboxylic acids is 2. The Labute approximate surface area is 134 Å². The maximum atomic E-state index is 12.2. The second-order valence-corrected chi connectivity index (χ2v) is 5.71. The van der Waals surface area contributed by atoms with Gasteiger partial charge in [0, 0.05) is 29.6 Å². The summed E-state index contributed by atoms with van der Waals surface area (Å²) in [7, 11) is 0. The lowest BCUT2D eigenvalue weighted by Gasteiger charge is -2.07. The van der Waals surface area contributed by atoms with Gasteiger partial charge in [-0.2, -0.15) is 11.8 Å². The Morgan fingerprint density at radius 2 is 1.45 bits per heavy atom. The maximum Gasteiger partial charge on any atom is 0.255 e. The quantitative estimate of drug-likeness (QED) is 0.883. The number of thioether (sulfide) groups is 1. The molecule has 0 aliphatic carbocycles. The molecule has 0 aliphatic heterocycles. The van der Waals surface area contributed by atoms with Crippen molar-refractivity contribution in [1.29, 1.82) is 0 Å². The van der Waals surface area contributed by atoms with Gasteiger partial charge in [-0.05, 0) is 48.2 Å². The molecule has 0 bridgehead atoms. The van der Waals surface area contributed by atoms with Crippen LogP contribution in [0.3, 0.4) is 0 Å². The molecule has 5 heteroatoms. The van der Waals surface area contributed by atoms with Gasteiger partial charge in [-0.15, -0.1) is 0 Å². The van der Waals surface area contributed by atoms with Gasteiger partial charge in [0.15, 0.2) is 0 Å². The zero-order valence-electron chi connectivity index (χ0n) is 12.6. The van der Waals surface area contributed by atoms with Crippen LogP contribution in [0.2, 0.25) is 0 Å². The molecule has 0 atom stereocenters. The standard InChI is InChI=1S/C17H18N2O2S/c1-12(20)18-15-7-9-16(10-8-15)19-17(21)14-5-3-13(4-6-14)11-22-2/h3-10H,11H2,1-2H3,(H,18,20)(H,19,21). The van der Waals surface area contributed by atoms with Crippen LogP contribution in [0.1, 0.15) is 22.8 Å². The summed E-state index contributed by atoms with van der Waals surface area (Å²) in [5.74, 6) is 0.664. The minimum absolute atomic E-state index is 0.123. The number of hydrogen-bond acceptors (Lipinski definition) is 3. The van der Waals surface area contributed by atoms with Crippen LogP contribution < -0.4 is 10.6 Å². The molecule has 2 N–H and O–H groups in total. The molecule has 2 amide bonds. The maximum absolute atomic E-state index is 12.2. The Hall–Kier alpha value is -2.27. The summed E-state index contributed by atoms with van der Waals surface area (Å²) in [4.78, 5) is 23.1. The number of amides is 2. The van der Waals surface area contributed by atoms with E-state index < -0.39 is 0 Å². The smallest absolute Gasteiger partial charge is 0.255 e. The number of rotatable bonds is 5. The third-order valence-electron chi connectivity index (χ3n) is 2.99. The van der Waals surface area contributed by atoms with E-state index in [1.807, 2.05) is 30.5 Å². The Morgan fingerprint density at radius 1 is 0.909 bits per heavy atom. The highest BCUT2D eigenvalue weighted by atomic mass is 32.2. The van der Waals surface area contributed by atoms with Gasteiger partial charge in [0.05, 0.1) is 0 Å². The minimum atomic E-state index is -0.150. The van der Waals surface area contributed by atoms with Crippen molar-refractivity contribution < 1.29 is 9.59 Å². The number of anilines is 2. The molecule has 0 aromatic heterocycles. The van der Waals surface area contributed by atoms with Gasteiger partial charge in [-0.25, -0.2) is 0 Å². The van der Waals surface area contributed by atoms with E-state index in [0.717, 1.165) is 5.75 Å². The van der Waals surface area contributed by atoms with Crippen molar-refractivity contribution >= 4 is 35.0 Å². The Morgan fingerprint density at radius 3 is 1.95 bits per heavy atom. The Bertz CT molecular complexity index is 651. The van der Waals surface area contributed by atoms with Crippen LogP contribution in [0.15, 0.2) is 48.5 Å². The lowest BCUT2D eigenvalue weighted by atomic mass is 10.1. The van der Waals surface area contributed by atoms with E-state index in [9.17, 15) is 9.59 Å². The molecule has 22 heavy (non-hydrogen) atoms. The molecule has 0 unspecified atom stereocenters. The summed E-state index contributed by atoms with van der Waals surface area (Å²) in [5, 5.41) is 5.51. The lowest BCUT2D eigenvalue weighted by molar-refractivity contribution is -0.114. The lowest BCUT2D eigenvalue weighted by Crippen LogP contribution is -2.12. The highest BCUT2D eigenvalue weighted by Gasteiger charge is 2.06. The van der Waals surface area contributed by atoms with Crippen molar-refractivity contribution in [3.63, 3.8) is 0 Å². The molecule has 114 valence electrons. The second kappa shape index (κ2) is 7.66. The van der Waals surface area contributed by atoms with E-state index in [1.54, 1.807) is 36.0 Å². The van der Waals surface area contributed by atoms with Crippen molar-refractivity contribution in [2.45, 2.75) is 12.7 Å². The van der Waals surface area contributed by atoms with Gasteiger partial charge in [-0.1, -0.05) is 12.1 Å². The summed E-state index contributed by atoms with van der Waals surface area (Å²) in [6.07, 6.45) is 2.05. The van der Waals surface area contributed by atoms with Gasteiger partial charge in [0.1, 0.15) is 0 Å². The van der Waals surface area contributed by atoms with Crippen LogP contribution in [0.4, 0.5) is 11.4 Å². The topological polar surface area (TPSA) is 58.2 Å². The predicted molar refractivity (Wildman–Crippen MR) is 92.4 cm³/mol. The molecule has 0 saturated carbocycles. The molecule has 0 saturated heterocycles. The Kier molecular flexibility index (Phi) is 5.61. The van der Waals surface area contributed by atoms with Crippen molar-refractivity contribution in [1.82, 2.24) is 0 Å². The molecule has 0 spiro atoms. The number of hydrogen-bond donors (Lipinski definition) is 2. The van der Waals surface area contributed by atoms with E-state index in [0.29, 0.717) is 16.9 Å². The van der Waals surface area contributed by atoms with Crippen molar-refractivity contribution in [3.05, 3.63) is 59.7 Å². The highest BCUT2D eigenvalue weighted by molar-refractivity contribution is 7.97. The summed E-state index contributed by atoms with van der Waals surface area (Å²) in [6, 6.07) is 14.6. The number of carbonyl (C=O) groups is 2. The molecule has 0 fully saturated rings. The van der Waals surface area contributed by atoms with Gasteiger partial charge in [-0.3, -0.25) is 9.59 Å². The van der Waals surface area contributed by atoms with Gasteiger partial charge in [0.2, 0.25) is 5.91 Å². The van der Waals surface area contributed by atoms with E-state index in [1.165, 1.54) is 12.5 Å². The van der Waals surface area contributed by atoms with Crippen molar-refractivity contribution in [3.8, 4) is 0 Å². The van der Waals surface area contributed by atoms with E-state index in [4.69, 9.17) is 0 Å². The average Bonchev–Trinajstić information content (AvgIpc) is 2.50. The van der Waals surface area contributed by atoms with Crippen LogP contribution in [0.5, 0.6) is 0 Å². The second-order valence-electron chi connectivity index (χ2n) is 4.84. The molecule has 0 heterocycles. The van der Waals surface area contributed by atoms with Gasteiger partial charge < -0.3 is 10.6 Å². The fourth-order valence-corrected chi connectivity index (χ4v) is 2.49. The SMILES string of the molecule is CSCc1ccc(C(=O)Nc2ccc(NC(C)=O)cc2)cc1. The zero-order valence-corrected chi connectivity index (χ0v) is 13.4. The van der Waals surface area contributed by atoms with E-state index >= 15 is 0 Å². The molecule has 2 rings (SSSR count). The molecule has 0 radical (unpaired) electrons. The largest absolute Gasteiger partial charge is 0.326 e. The van der Waals surface area contributed by atoms with Crippen LogP contribution in [-0.4, -0.2) is 18.1 Å². The monoisotopic (exact) mass is 314 g/mol. The van der Waals surface area contributed by atoms with E-state index in [-0.39, 0.29) is 11.8 Å². The summed E-state index contributed by atoms with van der Waals surface area (Å²) in [5.41, 5.74) is 3.21. The summed E-state index contributed by atoms with van der Waals surface area (Å²) in [6.45, 7) is 1.45. The Balaban J connectivity index is 2.00. The summed E-state index contributed by atoms with van der Waals surface area (Å²) >= 11 is 1.75. The first kappa shape index (κ1) is 16.1. The fourth-order valence-electron chi connectivity index (χ4n) is 1.96. The molecule has 4 nitrogen and oxygen atoms in total. The zero-order chi connectivity index (χ0) is 15.9. The first-order chi connectivity index (χ1) is 10.6. The molecule has 2 aromatic rings. The molecule has 2 aromatic carbocycles. The van der Waals surface area contributed by atoms with Crippen molar-refractivity contribution in [2.75, 3.05) is 16.9 Å². The first-order valence-corrected chi connectivity index (χ1v) is 8.25. The number of nitrogens with one attached hydrogen (secondary N) is 2. The fraction of sp³-hybridized carbons (Fsp3) is 0.176. The van der Waals surface area contributed by atoms with Crippen LogP contribution in [0, 0.1) is 0 Å². The normalized spacial score (nSPS) is 10.1. The van der Waals surface area contributed by atoms with Crippen LogP contribution >= 0.6 is 11.8 Å². The minimum Gasteiger partial charge on any atom is -0.326 e. The van der Waals surface area contributed by atoms with Crippen LogP contribution in [0.25, 0.3) is 0 Å². The molecular formula is C17H18N2O2S. The number of benzene rings is 2.